The maximum atomic E-state index is 11.6. The number of carboxylic acids is 1. The molecule has 0 spiro atoms. The molecule has 19 heavy (non-hydrogen) atoms. The van der Waals surface area contributed by atoms with Crippen LogP contribution in [0.15, 0.2) is 12.1 Å². The third kappa shape index (κ3) is 1.92. The summed E-state index contributed by atoms with van der Waals surface area (Å²) >= 11 is 0. The SMILES string of the molecule is O=C(O)C1(c2cc3c(cc2O)CCCCC3)CCC1. The van der Waals surface area contributed by atoms with E-state index in [4.69, 9.17) is 0 Å². The molecule has 3 rings (SSSR count). The summed E-state index contributed by atoms with van der Waals surface area (Å²) in [5.41, 5.74) is 2.27. The van der Waals surface area contributed by atoms with Crippen molar-refractivity contribution < 1.29 is 15.0 Å². The Morgan fingerprint density at radius 1 is 1.00 bits per heavy atom. The van der Waals surface area contributed by atoms with Crippen molar-refractivity contribution in [1.82, 2.24) is 0 Å². The number of hydrogen-bond acceptors (Lipinski definition) is 2. The first-order valence-corrected chi connectivity index (χ1v) is 7.22. The first-order chi connectivity index (χ1) is 9.13. The molecule has 0 aliphatic heterocycles. The average Bonchev–Trinajstić information content (AvgIpc) is 2.52. The van der Waals surface area contributed by atoms with Crippen molar-refractivity contribution in [3.8, 4) is 5.75 Å². The van der Waals surface area contributed by atoms with Crippen molar-refractivity contribution in [3.05, 3.63) is 28.8 Å². The Morgan fingerprint density at radius 3 is 2.16 bits per heavy atom. The molecule has 1 aromatic rings. The smallest absolute Gasteiger partial charge is 0.314 e. The number of carboxylic acid groups (broad SMARTS) is 1. The van der Waals surface area contributed by atoms with Gasteiger partial charge in [0.1, 0.15) is 5.75 Å². The van der Waals surface area contributed by atoms with Gasteiger partial charge < -0.3 is 10.2 Å². The van der Waals surface area contributed by atoms with Gasteiger partial charge in [-0.05, 0) is 55.7 Å². The molecule has 0 atom stereocenters. The molecule has 3 heteroatoms. The largest absolute Gasteiger partial charge is 0.508 e. The van der Waals surface area contributed by atoms with E-state index in [9.17, 15) is 15.0 Å². The molecular weight excluding hydrogens is 240 g/mol. The van der Waals surface area contributed by atoms with Crippen LogP contribution in [0.1, 0.15) is 55.2 Å². The molecule has 102 valence electrons. The number of aryl methyl sites for hydroxylation is 2. The highest BCUT2D eigenvalue weighted by molar-refractivity contribution is 5.84. The van der Waals surface area contributed by atoms with Crippen molar-refractivity contribution >= 4 is 5.97 Å². The second-order valence-corrected chi connectivity index (χ2v) is 5.94. The molecule has 0 radical (unpaired) electrons. The summed E-state index contributed by atoms with van der Waals surface area (Å²) < 4.78 is 0. The second kappa shape index (κ2) is 4.55. The van der Waals surface area contributed by atoms with Crippen molar-refractivity contribution in [3.63, 3.8) is 0 Å². The van der Waals surface area contributed by atoms with E-state index < -0.39 is 11.4 Å². The maximum absolute atomic E-state index is 11.6. The number of phenols is 1. The molecule has 3 nitrogen and oxygen atoms in total. The minimum atomic E-state index is -0.828. The van der Waals surface area contributed by atoms with Gasteiger partial charge in [0.15, 0.2) is 0 Å². The Balaban J connectivity index is 2.07. The molecule has 0 unspecified atom stereocenters. The van der Waals surface area contributed by atoms with Gasteiger partial charge in [0.05, 0.1) is 5.41 Å². The number of fused-ring (bicyclic) bond motifs is 1. The Morgan fingerprint density at radius 2 is 1.63 bits per heavy atom. The standard InChI is InChI=1S/C16H20O3/c17-14-10-12-6-3-1-2-5-11(12)9-13(14)16(15(18)19)7-4-8-16/h9-10,17H,1-8H2,(H,18,19). The fraction of sp³-hybridized carbons (Fsp3) is 0.562. The van der Waals surface area contributed by atoms with Gasteiger partial charge in [-0.25, -0.2) is 0 Å². The summed E-state index contributed by atoms with van der Waals surface area (Å²) in [5, 5.41) is 19.8. The Bertz CT molecular complexity index is 515. The van der Waals surface area contributed by atoms with Crippen molar-refractivity contribution in [1.29, 1.82) is 0 Å². The Hall–Kier alpha value is -1.51. The number of benzene rings is 1. The van der Waals surface area contributed by atoms with Gasteiger partial charge in [-0.1, -0.05) is 18.9 Å². The number of phenolic OH excluding ortho intramolecular Hbond substituents is 1. The van der Waals surface area contributed by atoms with E-state index in [0.29, 0.717) is 18.4 Å². The molecule has 2 aliphatic rings. The number of aliphatic carboxylic acids is 1. The highest BCUT2D eigenvalue weighted by atomic mass is 16.4. The minimum absolute atomic E-state index is 0.183. The van der Waals surface area contributed by atoms with Crippen molar-refractivity contribution in [2.45, 2.75) is 56.8 Å². The fourth-order valence-corrected chi connectivity index (χ4v) is 3.46. The summed E-state index contributed by atoms with van der Waals surface area (Å²) in [6.07, 6.45) is 7.79. The van der Waals surface area contributed by atoms with Crippen LogP contribution in [-0.4, -0.2) is 16.2 Å². The molecule has 0 heterocycles. The quantitative estimate of drug-likeness (QED) is 0.803. The topological polar surface area (TPSA) is 57.5 Å². The molecule has 2 aliphatic carbocycles. The minimum Gasteiger partial charge on any atom is -0.508 e. The highest BCUT2D eigenvalue weighted by Crippen LogP contribution is 2.48. The zero-order valence-corrected chi connectivity index (χ0v) is 11.1. The van der Waals surface area contributed by atoms with E-state index in [-0.39, 0.29) is 5.75 Å². The lowest BCUT2D eigenvalue weighted by atomic mass is 9.63. The lowest BCUT2D eigenvalue weighted by Gasteiger charge is -2.38. The van der Waals surface area contributed by atoms with Crippen molar-refractivity contribution in [2.75, 3.05) is 0 Å². The van der Waals surface area contributed by atoms with Gasteiger partial charge in [-0.3, -0.25) is 4.79 Å². The molecule has 1 fully saturated rings. The molecule has 0 aromatic heterocycles. The van der Waals surface area contributed by atoms with Gasteiger partial charge >= 0.3 is 5.97 Å². The van der Waals surface area contributed by atoms with Crippen LogP contribution in [0.4, 0.5) is 0 Å². The number of hydrogen-bond donors (Lipinski definition) is 2. The van der Waals surface area contributed by atoms with Crippen LogP contribution in [0.25, 0.3) is 0 Å². The van der Waals surface area contributed by atoms with Crippen LogP contribution < -0.4 is 0 Å². The van der Waals surface area contributed by atoms with Gasteiger partial charge in [0.2, 0.25) is 0 Å². The van der Waals surface area contributed by atoms with Crippen molar-refractivity contribution in [2.24, 2.45) is 0 Å². The molecular formula is C16H20O3. The normalized spacial score (nSPS) is 21.1. The summed E-state index contributed by atoms with van der Waals surface area (Å²) in [7, 11) is 0. The van der Waals surface area contributed by atoms with E-state index in [1.807, 2.05) is 12.1 Å². The van der Waals surface area contributed by atoms with Gasteiger partial charge in [0, 0.05) is 5.56 Å². The van der Waals surface area contributed by atoms with Gasteiger partial charge in [-0.15, -0.1) is 0 Å². The first kappa shape index (κ1) is 12.5. The zero-order valence-electron chi connectivity index (χ0n) is 11.1. The maximum Gasteiger partial charge on any atom is 0.314 e. The molecule has 2 N–H and O–H groups in total. The van der Waals surface area contributed by atoms with Crippen LogP contribution in [0, 0.1) is 0 Å². The van der Waals surface area contributed by atoms with Crippen LogP contribution in [-0.2, 0) is 23.1 Å². The summed E-state index contributed by atoms with van der Waals surface area (Å²) in [5.74, 6) is -0.606. The molecule has 0 amide bonds. The lowest BCUT2D eigenvalue weighted by Crippen LogP contribution is -2.42. The molecule has 1 aromatic carbocycles. The predicted molar refractivity (Wildman–Crippen MR) is 72.5 cm³/mol. The third-order valence-electron chi connectivity index (χ3n) is 4.84. The molecule has 0 bridgehead atoms. The first-order valence-electron chi connectivity index (χ1n) is 7.22. The van der Waals surface area contributed by atoms with E-state index in [1.54, 1.807) is 0 Å². The summed E-state index contributed by atoms with van der Waals surface area (Å²) in [6.45, 7) is 0. The van der Waals surface area contributed by atoms with Gasteiger partial charge in [-0.2, -0.15) is 0 Å². The number of carbonyl (C=O) groups is 1. The van der Waals surface area contributed by atoms with Crippen LogP contribution >= 0.6 is 0 Å². The van der Waals surface area contributed by atoms with E-state index in [2.05, 4.69) is 0 Å². The summed E-state index contributed by atoms with van der Waals surface area (Å²) in [6, 6.07) is 3.79. The molecule has 0 saturated heterocycles. The van der Waals surface area contributed by atoms with Crippen LogP contribution in [0.2, 0.25) is 0 Å². The van der Waals surface area contributed by atoms with Crippen LogP contribution in [0.3, 0.4) is 0 Å². The predicted octanol–water partition coefficient (Wildman–Crippen LogP) is 3.17. The zero-order chi connectivity index (χ0) is 13.5. The van der Waals surface area contributed by atoms with Gasteiger partial charge in [0.25, 0.3) is 0 Å². The monoisotopic (exact) mass is 260 g/mol. The lowest BCUT2D eigenvalue weighted by molar-refractivity contribution is -0.147. The average molecular weight is 260 g/mol. The highest BCUT2D eigenvalue weighted by Gasteiger charge is 2.47. The van der Waals surface area contributed by atoms with E-state index in [1.165, 1.54) is 17.5 Å². The number of aromatic hydroxyl groups is 1. The fourth-order valence-electron chi connectivity index (χ4n) is 3.46. The van der Waals surface area contributed by atoms with E-state index in [0.717, 1.165) is 32.1 Å². The second-order valence-electron chi connectivity index (χ2n) is 5.94. The third-order valence-corrected chi connectivity index (χ3v) is 4.84. The van der Waals surface area contributed by atoms with Crippen LogP contribution in [0.5, 0.6) is 5.75 Å². The summed E-state index contributed by atoms with van der Waals surface area (Å²) in [4.78, 5) is 11.6. The number of rotatable bonds is 2. The molecule has 1 saturated carbocycles. The Kier molecular flexibility index (Phi) is 3.00. The van der Waals surface area contributed by atoms with E-state index >= 15 is 0 Å². The Labute approximate surface area is 113 Å².